The molecule has 0 radical (unpaired) electrons. The number of aromatic nitrogens is 3. The van der Waals surface area contributed by atoms with E-state index in [1.54, 1.807) is 23.0 Å². The van der Waals surface area contributed by atoms with Crippen LogP contribution in [0.2, 0.25) is 0 Å². The van der Waals surface area contributed by atoms with Crippen LogP contribution in [0.3, 0.4) is 0 Å². The first kappa shape index (κ1) is 23.1. The van der Waals surface area contributed by atoms with E-state index in [9.17, 15) is 20.4 Å². The first-order chi connectivity index (χ1) is 17.2. The number of phenols is 4. The Bertz CT molecular complexity index is 1400. The van der Waals surface area contributed by atoms with Gasteiger partial charge in [0.15, 0.2) is 17.6 Å². The Hall–Kier alpha value is -4.64. The van der Waals surface area contributed by atoms with E-state index < -0.39 is 12.2 Å². The van der Waals surface area contributed by atoms with Gasteiger partial charge in [-0.15, -0.1) is 5.10 Å². The molecule has 0 bridgehead atoms. The molecule has 2 heterocycles. The summed E-state index contributed by atoms with van der Waals surface area (Å²) in [4.78, 5) is 0. The quantitative estimate of drug-likeness (QED) is 0.173. The van der Waals surface area contributed by atoms with Crippen LogP contribution < -0.4 is 16.2 Å². The Balaban J connectivity index is 1.36. The third kappa shape index (κ3) is 4.77. The summed E-state index contributed by atoms with van der Waals surface area (Å²) in [6.45, 7) is 0.525. The molecule has 2 atom stereocenters. The van der Waals surface area contributed by atoms with Crippen LogP contribution in [0.4, 0.5) is 11.4 Å². The molecule has 0 spiro atoms. The van der Waals surface area contributed by atoms with Gasteiger partial charge in [0.2, 0.25) is 0 Å². The molecule has 0 saturated carbocycles. The van der Waals surface area contributed by atoms with Gasteiger partial charge in [-0.05, 0) is 41.5 Å². The number of fused-ring (bicyclic) bond motifs is 1. The predicted molar refractivity (Wildman–Crippen MR) is 130 cm³/mol. The van der Waals surface area contributed by atoms with Crippen molar-refractivity contribution in [1.29, 1.82) is 0 Å². The summed E-state index contributed by atoms with van der Waals surface area (Å²) in [5.74, 6) is -0.516. The summed E-state index contributed by atoms with van der Waals surface area (Å²) in [6.07, 6.45) is 0.726. The van der Waals surface area contributed by atoms with Gasteiger partial charge in [0, 0.05) is 35.5 Å². The van der Waals surface area contributed by atoms with E-state index in [0.29, 0.717) is 40.5 Å². The molecule has 11 heteroatoms. The van der Waals surface area contributed by atoms with E-state index >= 15 is 0 Å². The lowest BCUT2D eigenvalue weighted by Gasteiger charge is -2.34. The molecule has 0 fully saturated rings. The second-order valence-electron chi connectivity index (χ2n) is 8.70. The van der Waals surface area contributed by atoms with Crippen LogP contribution in [0.1, 0.15) is 28.5 Å². The SMILES string of the molecule is Nc1cc(N)cc(Cn2cc(CO[C@H]3Cc4c(O)cc(O)cc4O[C@@H]3c3ccc(O)c(O)c3)nn2)c1. The largest absolute Gasteiger partial charge is 0.508 e. The number of anilines is 2. The zero-order valence-corrected chi connectivity index (χ0v) is 19.1. The minimum atomic E-state index is -0.699. The summed E-state index contributed by atoms with van der Waals surface area (Å²) < 4.78 is 13.9. The van der Waals surface area contributed by atoms with Gasteiger partial charge in [-0.3, -0.25) is 0 Å². The van der Waals surface area contributed by atoms with Crippen molar-refractivity contribution in [2.75, 3.05) is 11.5 Å². The van der Waals surface area contributed by atoms with Gasteiger partial charge in [0.05, 0.1) is 19.3 Å². The van der Waals surface area contributed by atoms with Crippen molar-refractivity contribution in [2.45, 2.75) is 31.8 Å². The summed E-state index contributed by atoms with van der Waals surface area (Å²) >= 11 is 0. The van der Waals surface area contributed by atoms with Gasteiger partial charge in [-0.2, -0.15) is 0 Å². The second-order valence-corrected chi connectivity index (χ2v) is 8.70. The Morgan fingerprint density at radius 2 is 1.72 bits per heavy atom. The van der Waals surface area contributed by atoms with Crippen LogP contribution in [0.5, 0.6) is 28.7 Å². The fraction of sp³-hybridized carbons (Fsp3) is 0.200. The lowest BCUT2D eigenvalue weighted by Crippen LogP contribution is -2.33. The number of hydrogen-bond donors (Lipinski definition) is 6. The molecule has 0 aliphatic carbocycles. The van der Waals surface area contributed by atoms with Crippen molar-refractivity contribution in [1.82, 2.24) is 15.0 Å². The van der Waals surface area contributed by atoms with Crippen LogP contribution in [0, 0.1) is 0 Å². The second kappa shape index (κ2) is 9.19. The molecule has 1 aromatic heterocycles. The third-order valence-corrected chi connectivity index (χ3v) is 5.91. The molecule has 11 nitrogen and oxygen atoms in total. The molecule has 5 rings (SSSR count). The van der Waals surface area contributed by atoms with E-state index in [4.69, 9.17) is 20.9 Å². The maximum Gasteiger partial charge on any atom is 0.157 e. The van der Waals surface area contributed by atoms with E-state index in [-0.39, 0.29) is 36.0 Å². The average molecular weight is 492 g/mol. The number of aromatic hydroxyl groups is 4. The Morgan fingerprint density at radius 3 is 2.47 bits per heavy atom. The Labute approximate surface area is 205 Å². The number of rotatable bonds is 6. The van der Waals surface area contributed by atoms with Gasteiger partial charge >= 0.3 is 0 Å². The van der Waals surface area contributed by atoms with Crippen LogP contribution >= 0.6 is 0 Å². The van der Waals surface area contributed by atoms with Gasteiger partial charge in [-0.25, -0.2) is 4.68 Å². The fourth-order valence-electron chi connectivity index (χ4n) is 4.29. The van der Waals surface area contributed by atoms with Gasteiger partial charge in [-0.1, -0.05) is 11.3 Å². The van der Waals surface area contributed by atoms with Crippen molar-refractivity contribution in [3.63, 3.8) is 0 Å². The van der Waals surface area contributed by atoms with Crippen LogP contribution in [-0.2, 0) is 24.3 Å². The first-order valence-corrected chi connectivity index (χ1v) is 11.1. The molecule has 4 aromatic rings. The lowest BCUT2D eigenvalue weighted by molar-refractivity contribution is -0.0476. The highest BCUT2D eigenvalue weighted by molar-refractivity contribution is 5.54. The molecule has 186 valence electrons. The summed E-state index contributed by atoms with van der Waals surface area (Å²) in [7, 11) is 0. The highest BCUT2D eigenvalue weighted by Crippen LogP contribution is 2.43. The molecule has 0 saturated heterocycles. The smallest absolute Gasteiger partial charge is 0.157 e. The lowest BCUT2D eigenvalue weighted by atomic mass is 9.93. The molecule has 1 aliphatic heterocycles. The standard InChI is InChI=1S/C25H25N5O6/c26-15-3-13(4-16(27)6-15)10-30-11-17(28-29-30)12-35-24-9-19-21(33)7-18(31)8-23(19)36-25(24)14-1-2-20(32)22(34)5-14/h1-8,11,24-25,31-34H,9-10,12,26-27H2/t24-,25+/m0/s1. The summed E-state index contributed by atoms with van der Waals surface area (Å²) in [5, 5.41) is 48.3. The molecule has 0 unspecified atom stereocenters. The first-order valence-electron chi connectivity index (χ1n) is 11.1. The van der Waals surface area contributed by atoms with Crippen LogP contribution in [0.25, 0.3) is 0 Å². The van der Waals surface area contributed by atoms with Crippen molar-refractivity contribution < 1.29 is 29.9 Å². The van der Waals surface area contributed by atoms with Crippen molar-refractivity contribution >= 4 is 11.4 Å². The van der Waals surface area contributed by atoms with Gasteiger partial charge in [0.1, 0.15) is 29.0 Å². The normalized spacial score (nSPS) is 16.9. The summed E-state index contributed by atoms with van der Waals surface area (Å²) in [5.41, 5.74) is 15.3. The molecule has 8 N–H and O–H groups in total. The van der Waals surface area contributed by atoms with E-state index in [1.807, 2.05) is 12.1 Å². The molecular weight excluding hydrogens is 466 g/mol. The molecule has 36 heavy (non-hydrogen) atoms. The highest BCUT2D eigenvalue weighted by Gasteiger charge is 2.34. The number of ether oxygens (including phenoxy) is 2. The third-order valence-electron chi connectivity index (χ3n) is 5.91. The van der Waals surface area contributed by atoms with Crippen LogP contribution in [-0.4, -0.2) is 41.5 Å². The van der Waals surface area contributed by atoms with E-state index in [1.165, 1.54) is 24.3 Å². The fourth-order valence-corrected chi connectivity index (χ4v) is 4.29. The Morgan fingerprint density at radius 1 is 0.944 bits per heavy atom. The topological polar surface area (TPSA) is 182 Å². The average Bonchev–Trinajstić information content (AvgIpc) is 3.25. The highest BCUT2D eigenvalue weighted by atomic mass is 16.5. The van der Waals surface area contributed by atoms with E-state index in [2.05, 4.69) is 10.3 Å². The zero-order chi connectivity index (χ0) is 25.4. The molecule has 3 aromatic carbocycles. The number of nitrogens with two attached hydrogens (primary N) is 2. The maximum atomic E-state index is 10.3. The molecule has 0 amide bonds. The molecular formula is C25H25N5O6. The maximum absolute atomic E-state index is 10.3. The van der Waals surface area contributed by atoms with Crippen molar-refractivity contribution in [3.8, 4) is 28.7 Å². The minimum Gasteiger partial charge on any atom is -0.508 e. The predicted octanol–water partition coefficient (Wildman–Crippen LogP) is 2.57. The van der Waals surface area contributed by atoms with Crippen molar-refractivity contribution in [2.24, 2.45) is 0 Å². The number of hydrogen-bond acceptors (Lipinski definition) is 10. The van der Waals surface area contributed by atoms with Gasteiger partial charge in [0.25, 0.3) is 0 Å². The number of benzene rings is 3. The van der Waals surface area contributed by atoms with Gasteiger partial charge < -0.3 is 41.4 Å². The van der Waals surface area contributed by atoms with Crippen LogP contribution in [0.15, 0.2) is 54.7 Å². The number of nitrogens with zero attached hydrogens (tertiary/aromatic N) is 3. The molecule has 1 aliphatic rings. The zero-order valence-electron chi connectivity index (χ0n) is 19.1. The van der Waals surface area contributed by atoms with E-state index in [0.717, 1.165) is 5.56 Å². The monoisotopic (exact) mass is 491 g/mol. The summed E-state index contributed by atoms with van der Waals surface area (Å²) in [6, 6.07) is 12.3. The number of nitrogen functional groups attached to an aromatic ring is 2. The number of phenolic OH excluding ortho intramolecular Hbond substituents is 4. The van der Waals surface area contributed by atoms with Crippen molar-refractivity contribution in [3.05, 3.63) is 77.1 Å². The minimum absolute atomic E-state index is 0.0990. The Kier molecular flexibility index (Phi) is 5.90.